The molecule has 2 aromatic rings. The Morgan fingerprint density at radius 1 is 0.885 bits per heavy atom. The molecule has 5 heteroatoms. The minimum absolute atomic E-state index is 0.133. The predicted molar refractivity (Wildman–Crippen MR) is 107 cm³/mol. The van der Waals surface area contributed by atoms with Crippen molar-refractivity contribution in [2.45, 2.75) is 39.7 Å². The zero-order chi connectivity index (χ0) is 18.9. The second-order valence-corrected chi connectivity index (χ2v) is 8.52. The van der Waals surface area contributed by atoms with Gasteiger partial charge in [-0.25, -0.2) is 8.42 Å². The van der Waals surface area contributed by atoms with Gasteiger partial charge in [-0.15, -0.1) is 0 Å². The maximum atomic E-state index is 12.7. The molecule has 26 heavy (non-hydrogen) atoms. The fourth-order valence-electron chi connectivity index (χ4n) is 3.08. The zero-order valence-corrected chi connectivity index (χ0v) is 16.3. The van der Waals surface area contributed by atoms with Gasteiger partial charge in [0, 0.05) is 5.57 Å². The second-order valence-electron chi connectivity index (χ2n) is 6.90. The molecule has 1 heterocycles. The molecular formula is C21H24N2O2S. The van der Waals surface area contributed by atoms with Gasteiger partial charge in [0.1, 0.15) is 10.7 Å². The van der Waals surface area contributed by atoms with Crippen molar-refractivity contribution in [3.05, 3.63) is 76.9 Å². The molecule has 3 rings (SSSR count). The monoisotopic (exact) mass is 368 g/mol. The molecule has 0 saturated carbocycles. The molecule has 0 spiro atoms. The van der Waals surface area contributed by atoms with Crippen LogP contribution in [0.5, 0.6) is 0 Å². The average Bonchev–Trinajstić information content (AvgIpc) is 2.84. The summed E-state index contributed by atoms with van der Waals surface area (Å²) in [6.07, 6.45) is 0. The Balaban J connectivity index is 2.00. The van der Waals surface area contributed by atoms with E-state index in [1.54, 1.807) is 6.92 Å². The summed E-state index contributed by atoms with van der Waals surface area (Å²) in [5.74, 6) is 0.825. The lowest BCUT2D eigenvalue weighted by Crippen LogP contribution is -2.24. The molecule has 0 amide bonds. The van der Waals surface area contributed by atoms with Crippen molar-refractivity contribution in [2.75, 3.05) is 0 Å². The largest absolute Gasteiger partial charge is 0.264 e. The van der Waals surface area contributed by atoms with Crippen LogP contribution in [0.4, 0.5) is 0 Å². The third-order valence-electron chi connectivity index (χ3n) is 4.64. The van der Waals surface area contributed by atoms with Gasteiger partial charge in [-0.1, -0.05) is 68.4 Å². The minimum Gasteiger partial charge on any atom is -0.263 e. The van der Waals surface area contributed by atoms with Gasteiger partial charge in [0.25, 0.3) is 10.0 Å². The van der Waals surface area contributed by atoms with Crippen molar-refractivity contribution >= 4 is 20.8 Å². The topological polar surface area (TPSA) is 58.5 Å². The highest BCUT2D eigenvalue weighted by atomic mass is 32.2. The van der Waals surface area contributed by atoms with E-state index in [9.17, 15) is 8.42 Å². The van der Waals surface area contributed by atoms with Crippen LogP contribution in [0.2, 0.25) is 0 Å². The number of sulfonamides is 1. The van der Waals surface area contributed by atoms with E-state index < -0.39 is 10.0 Å². The standard InChI is InChI=1S/C21H24N2O2S/c1-14(2)17-10-12-19(13-11-17)20-15(3)21(23-26(20,24)25)22-16(4)18-8-6-5-7-9-18/h5-14,16H,1-4H3,(H,22,23)/t16-/m1/s1. The van der Waals surface area contributed by atoms with Crippen LogP contribution in [0.3, 0.4) is 0 Å². The number of nitrogens with zero attached hydrogens (tertiary/aromatic N) is 1. The van der Waals surface area contributed by atoms with Crippen LogP contribution in [0.1, 0.15) is 56.3 Å². The molecule has 0 fully saturated rings. The van der Waals surface area contributed by atoms with E-state index in [1.165, 1.54) is 5.56 Å². The fourth-order valence-corrected chi connectivity index (χ4v) is 4.59. The summed E-state index contributed by atoms with van der Waals surface area (Å²) in [7, 11) is -3.60. The highest BCUT2D eigenvalue weighted by Crippen LogP contribution is 2.31. The number of aliphatic imine (C=N–C) groups is 1. The fraction of sp³-hybridized carbons (Fsp3) is 0.286. The molecule has 0 aliphatic carbocycles. The third-order valence-corrected chi connectivity index (χ3v) is 6.18. The number of hydrogen-bond acceptors (Lipinski definition) is 3. The number of benzene rings is 2. The first-order chi connectivity index (χ1) is 12.3. The Bertz CT molecular complexity index is 957. The first-order valence-electron chi connectivity index (χ1n) is 8.76. The molecule has 1 aliphatic heterocycles. The molecule has 0 radical (unpaired) electrons. The van der Waals surface area contributed by atoms with Crippen molar-refractivity contribution in [3.63, 3.8) is 0 Å². The molecule has 136 valence electrons. The lowest BCUT2D eigenvalue weighted by molar-refractivity contribution is 0.603. The van der Waals surface area contributed by atoms with Gasteiger partial charge in [0.2, 0.25) is 0 Å². The highest BCUT2D eigenvalue weighted by Gasteiger charge is 2.33. The van der Waals surface area contributed by atoms with Crippen LogP contribution in [0.25, 0.3) is 4.91 Å². The smallest absolute Gasteiger partial charge is 0.263 e. The SMILES string of the molecule is CC1=C(c2ccc(C(C)C)cc2)S(=O)(=O)NC1=N[C@H](C)c1ccccc1. The number of rotatable bonds is 4. The van der Waals surface area contributed by atoms with E-state index in [1.807, 2.05) is 61.5 Å². The van der Waals surface area contributed by atoms with E-state index in [4.69, 9.17) is 0 Å². The lowest BCUT2D eigenvalue weighted by Gasteiger charge is -2.08. The van der Waals surface area contributed by atoms with Crippen LogP contribution in [-0.4, -0.2) is 14.3 Å². The summed E-state index contributed by atoms with van der Waals surface area (Å²) in [5.41, 5.74) is 3.57. The molecule has 1 aliphatic rings. The van der Waals surface area contributed by atoms with Crippen LogP contribution < -0.4 is 4.72 Å². The third kappa shape index (κ3) is 3.58. The van der Waals surface area contributed by atoms with E-state index in [-0.39, 0.29) is 6.04 Å². The molecule has 0 aromatic heterocycles. The summed E-state index contributed by atoms with van der Waals surface area (Å²) >= 11 is 0. The summed E-state index contributed by atoms with van der Waals surface area (Å²) in [6, 6.07) is 17.4. The van der Waals surface area contributed by atoms with Gasteiger partial charge in [-0.2, -0.15) is 0 Å². The maximum Gasteiger partial charge on any atom is 0.264 e. The van der Waals surface area contributed by atoms with Gasteiger partial charge in [-0.05, 0) is 36.5 Å². The summed E-state index contributed by atoms with van der Waals surface area (Å²) in [6.45, 7) is 7.99. The summed E-state index contributed by atoms with van der Waals surface area (Å²) in [5, 5.41) is 0. The van der Waals surface area contributed by atoms with E-state index in [0.29, 0.717) is 27.8 Å². The predicted octanol–water partition coefficient (Wildman–Crippen LogP) is 4.63. The Hall–Kier alpha value is -2.40. The van der Waals surface area contributed by atoms with Crippen molar-refractivity contribution in [3.8, 4) is 0 Å². The maximum absolute atomic E-state index is 12.7. The molecule has 1 atom stereocenters. The van der Waals surface area contributed by atoms with Gasteiger partial charge in [0.05, 0.1) is 6.04 Å². The Kier molecular flexibility index (Phi) is 5.01. The molecule has 1 N–H and O–H groups in total. The van der Waals surface area contributed by atoms with E-state index in [2.05, 4.69) is 23.6 Å². The lowest BCUT2D eigenvalue weighted by atomic mass is 10.0. The van der Waals surface area contributed by atoms with E-state index >= 15 is 0 Å². The average molecular weight is 369 g/mol. The molecule has 0 unspecified atom stereocenters. The van der Waals surface area contributed by atoms with Crippen LogP contribution in [-0.2, 0) is 10.0 Å². The number of amidine groups is 1. The van der Waals surface area contributed by atoms with Crippen molar-refractivity contribution < 1.29 is 8.42 Å². The quantitative estimate of drug-likeness (QED) is 0.855. The minimum atomic E-state index is -3.60. The van der Waals surface area contributed by atoms with E-state index in [0.717, 1.165) is 5.56 Å². The summed E-state index contributed by atoms with van der Waals surface area (Å²) < 4.78 is 28.0. The molecular weight excluding hydrogens is 344 g/mol. The number of hydrogen-bond donors (Lipinski definition) is 1. The Labute approximate surface area is 155 Å². The van der Waals surface area contributed by atoms with Gasteiger partial charge in [-0.3, -0.25) is 9.71 Å². The van der Waals surface area contributed by atoms with Gasteiger partial charge in [0.15, 0.2) is 0 Å². The van der Waals surface area contributed by atoms with Crippen LogP contribution in [0.15, 0.2) is 65.2 Å². The molecule has 0 bridgehead atoms. The summed E-state index contributed by atoms with van der Waals surface area (Å²) in [4.78, 5) is 4.92. The Morgan fingerprint density at radius 2 is 1.50 bits per heavy atom. The first-order valence-corrected chi connectivity index (χ1v) is 10.2. The van der Waals surface area contributed by atoms with Crippen LogP contribution >= 0.6 is 0 Å². The molecule has 4 nitrogen and oxygen atoms in total. The Morgan fingerprint density at radius 3 is 2.08 bits per heavy atom. The first kappa shape index (κ1) is 18.4. The van der Waals surface area contributed by atoms with Crippen molar-refractivity contribution in [2.24, 2.45) is 4.99 Å². The number of nitrogens with one attached hydrogen (secondary N) is 1. The second kappa shape index (κ2) is 7.08. The van der Waals surface area contributed by atoms with Crippen LogP contribution in [0, 0.1) is 0 Å². The van der Waals surface area contributed by atoms with Gasteiger partial charge >= 0.3 is 0 Å². The molecule has 0 saturated heterocycles. The normalized spacial score (nSPS) is 19.0. The van der Waals surface area contributed by atoms with Gasteiger partial charge < -0.3 is 0 Å². The van der Waals surface area contributed by atoms with Crippen molar-refractivity contribution in [1.82, 2.24) is 4.72 Å². The molecule has 2 aromatic carbocycles. The highest BCUT2D eigenvalue weighted by molar-refractivity contribution is 8.00. The van der Waals surface area contributed by atoms with Crippen molar-refractivity contribution in [1.29, 1.82) is 0 Å². The zero-order valence-electron chi connectivity index (χ0n) is 15.5.